The first-order valence-corrected chi connectivity index (χ1v) is 8.29. The van der Waals surface area contributed by atoms with Crippen molar-refractivity contribution >= 4 is 17.4 Å². The lowest BCUT2D eigenvalue weighted by molar-refractivity contribution is -0.120. The topological polar surface area (TPSA) is 114 Å². The summed E-state index contributed by atoms with van der Waals surface area (Å²) in [6.45, 7) is -0.290. The molecule has 0 unspecified atom stereocenters. The van der Waals surface area contributed by atoms with Gasteiger partial charge in [-0.1, -0.05) is 23.4 Å². The molecule has 0 saturated carbocycles. The van der Waals surface area contributed by atoms with E-state index in [2.05, 4.69) is 10.5 Å². The molecule has 9 nitrogen and oxygen atoms in total. The van der Waals surface area contributed by atoms with E-state index in [-0.39, 0.29) is 19.0 Å². The molecule has 2 rings (SSSR count). The average molecular weight is 389 g/mol. The van der Waals surface area contributed by atoms with Gasteiger partial charge in [-0.15, -0.1) is 0 Å². The Morgan fingerprint density at radius 1 is 1.00 bits per heavy atom. The third-order valence-corrected chi connectivity index (χ3v) is 3.46. The predicted molar refractivity (Wildman–Crippen MR) is 104 cm³/mol. The molecule has 2 aromatic rings. The SMILES string of the molecule is COc1cc(NC(=O)CON=C(N)COc2ccccc2)cc(OC)c1OC. The summed E-state index contributed by atoms with van der Waals surface area (Å²) in [5, 5.41) is 6.31. The first-order valence-electron chi connectivity index (χ1n) is 8.29. The molecule has 0 bridgehead atoms. The van der Waals surface area contributed by atoms with Gasteiger partial charge in [0.15, 0.2) is 23.9 Å². The smallest absolute Gasteiger partial charge is 0.265 e. The molecule has 0 aliphatic heterocycles. The number of hydrogen-bond donors (Lipinski definition) is 2. The van der Waals surface area contributed by atoms with Crippen LogP contribution in [0.25, 0.3) is 0 Å². The number of ether oxygens (including phenoxy) is 4. The lowest BCUT2D eigenvalue weighted by Gasteiger charge is -2.14. The van der Waals surface area contributed by atoms with Gasteiger partial charge in [0.1, 0.15) is 12.4 Å². The molecule has 9 heteroatoms. The Morgan fingerprint density at radius 3 is 2.21 bits per heavy atom. The normalized spacial score (nSPS) is 10.8. The lowest BCUT2D eigenvalue weighted by Crippen LogP contribution is -2.23. The summed E-state index contributed by atoms with van der Waals surface area (Å²) in [5.41, 5.74) is 6.14. The van der Waals surface area contributed by atoms with Crippen molar-refractivity contribution in [2.75, 3.05) is 39.9 Å². The number of amides is 1. The van der Waals surface area contributed by atoms with E-state index in [1.807, 2.05) is 18.2 Å². The molecule has 0 aliphatic rings. The number of carbonyl (C=O) groups excluding carboxylic acids is 1. The number of methoxy groups -OCH3 is 3. The van der Waals surface area contributed by atoms with Gasteiger partial charge in [0.2, 0.25) is 5.75 Å². The Kier molecular flexibility index (Phi) is 7.77. The number of para-hydroxylation sites is 1. The summed E-state index contributed by atoms with van der Waals surface area (Å²) in [6, 6.07) is 12.3. The summed E-state index contributed by atoms with van der Waals surface area (Å²) >= 11 is 0. The highest BCUT2D eigenvalue weighted by atomic mass is 16.6. The highest BCUT2D eigenvalue weighted by Gasteiger charge is 2.14. The van der Waals surface area contributed by atoms with E-state index < -0.39 is 5.91 Å². The maximum absolute atomic E-state index is 12.0. The van der Waals surface area contributed by atoms with Crippen LogP contribution in [0.1, 0.15) is 0 Å². The summed E-state index contributed by atoms with van der Waals surface area (Å²) in [4.78, 5) is 17.0. The van der Waals surface area contributed by atoms with E-state index in [1.165, 1.54) is 21.3 Å². The van der Waals surface area contributed by atoms with Crippen molar-refractivity contribution in [2.45, 2.75) is 0 Å². The second kappa shape index (κ2) is 10.5. The van der Waals surface area contributed by atoms with E-state index in [0.717, 1.165) is 0 Å². The molecule has 0 heterocycles. The van der Waals surface area contributed by atoms with Gasteiger partial charge in [-0.3, -0.25) is 4.79 Å². The van der Waals surface area contributed by atoms with Crippen LogP contribution in [0.4, 0.5) is 5.69 Å². The summed E-state index contributed by atoms with van der Waals surface area (Å²) in [6.07, 6.45) is 0. The third kappa shape index (κ3) is 5.97. The number of carbonyl (C=O) groups is 1. The summed E-state index contributed by atoms with van der Waals surface area (Å²) < 4.78 is 21.1. The highest BCUT2D eigenvalue weighted by Crippen LogP contribution is 2.39. The van der Waals surface area contributed by atoms with Crippen molar-refractivity contribution in [1.82, 2.24) is 0 Å². The Labute approximate surface area is 163 Å². The number of anilines is 1. The van der Waals surface area contributed by atoms with Gasteiger partial charge in [-0.25, -0.2) is 0 Å². The maximum Gasteiger partial charge on any atom is 0.265 e. The molecule has 1 amide bonds. The van der Waals surface area contributed by atoms with E-state index in [0.29, 0.717) is 28.7 Å². The predicted octanol–water partition coefficient (Wildman–Crippen LogP) is 2.02. The van der Waals surface area contributed by atoms with Crippen LogP contribution in [-0.2, 0) is 9.63 Å². The zero-order valence-corrected chi connectivity index (χ0v) is 15.9. The molecule has 0 atom stereocenters. The van der Waals surface area contributed by atoms with Crippen molar-refractivity contribution in [2.24, 2.45) is 10.9 Å². The highest BCUT2D eigenvalue weighted by molar-refractivity contribution is 5.92. The second-order valence-corrected chi connectivity index (χ2v) is 5.42. The minimum Gasteiger partial charge on any atom is -0.493 e. The largest absolute Gasteiger partial charge is 0.493 e. The molecule has 150 valence electrons. The van der Waals surface area contributed by atoms with Gasteiger partial charge >= 0.3 is 0 Å². The van der Waals surface area contributed by atoms with E-state index >= 15 is 0 Å². The number of nitrogens with zero attached hydrogens (tertiary/aromatic N) is 1. The van der Waals surface area contributed by atoms with Gasteiger partial charge in [-0.2, -0.15) is 0 Å². The van der Waals surface area contributed by atoms with Crippen molar-refractivity contribution in [1.29, 1.82) is 0 Å². The third-order valence-electron chi connectivity index (χ3n) is 3.46. The molecule has 0 radical (unpaired) electrons. The van der Waals surface area contributed by atoms with Crippen molar-refractivity contribution in [3.05, 3.63) is 42.5 Å². The van der Waals surface area contributed by atoms with Crippen LogP contribution >= 0.6 is 0 Å². The Morgan fingerprint density at radius 2 is 1.64 bits per heavy atom. The molecule has 28 heavy (non-hydrogen) atoms. The molecule has 0 saturated heterocycles. The number of benzene rings is 2. The zero-order chi connectivity index (χ0) is 20.4. The molecular weight excluding hydrogens is 366 g/mol. The van der Waals surface area contributed by atoms with Crippen LogP contribution in [0.2, 0.25) is 0 Å². The van der Waals surface area contributed by atoms with E-state index in [1.54, 1.807) is 24.3 Å². The summed E-state index contributed by atoms with van der Waals surface area (Å²) in [7, 11) is 4.47. The minimum absolute atomic E-state index is 0.0402. The van der Waals surface area contributed by atoms with Crippen LogP contribution in [0.3, 0.4) is 0 Å². The zero-order valence-electron chi connectivity index (χ0n) is 15.9. The molecule has 3 N–H and O–H groups in total. The van der Waals surface area contributed by atoms with Crippen molar-refractivity contribution in [3.63, 3.8) is 0 Å². The molecular formula is C19H23N3O6. The second-order valence-electron chi connectivity index (χ2n) is 5.42. The number of rotatable bonds is 10. The van der Waals surface area contributed by atoms with Crippen LogP contribution in [0.15, 0.2) is 47.6 Å². The van der Waals surface area contributed by atoms with Crippen molar-refractivity contribution < 1.29 is 28.6 Å². The quantitative estimate of drug-likeness (QED) is 0.363. The first kappa shape index (κ1) is 20.7. The Bertz CT molecular complexity index is 786. The average Bonchev–Trinajstić information content (AvgIpc) is 2.72. The van der Waals surface area contributed by atoms with Crippen LogP contribution in [0, 0.1) is 0 Å². The number of amidine groups is 1. The van der Waals surface area contributed by atoms with Gasteiger partial charge in [0, 0.05) is 17.8 Å². The molecule has 0 aliphatic carbocycles. The fourth-order valence-electron chi connectivity index (χ4n) is 2.22. The van der Waals surface area contributed by atoms with Crippen LogP contribution in [0.5, 0.6) is 23.0 Å². The molecule has 2 aromatic carbocycles. The molecule has 0 fully saturated rings. The van der Waals surface area contributed by atoms with Gasteiger partial charge in [0.05, 0.1) is 21.3 Å². The number of oxime groups is 1. The van der Waals surface area contributed by atoms with Gasteiger partial charge < -0.3 is 34.8 Å². The van der Waals surface area contributed by atoms with Crippen LogP contribution in [-0.4, -0.2) is 46.3 Å². The summed E-state index contributed by atoms with van der Waals surface area (Å²) in [5.74, 6) is 1.58. The number of nitrogens with two attached hydrogens (primary N) is 1. The van der Waals surface area contributed by atoms with Gasteiger partial charge in [0.25, 0.3) is 5.91 Å². The lowest BCUT2D eigenvalue weighted by atomic mass is 10.2. The minimum atomic E-state index is -0.435. The first-order chi connectivity index (χ1) is 13.6. The molecule has 0 aromatic heterocycles. The number of hydrogen-bond acceptors (Lipinski definition) is 7. The maximum atomic E-state index is 12.0. The standard InChI is InChI=1S/C19H23N3O6/c1-24-15-9-13(10-16(25-2)19(15)26-3)21-18(23)12-28-22-17(20)11-27-14-7-5-4-6-8-14/h4-10H,11-12H2,1-3H3,(H2,20,22)(H,21,23). The Balaban J connectivity index is 1.86. The molecule has 0 spiro atoms. The van der Waals surface area contributed by atoms with Crippen LogP contribution < -0.4 is 30.0 Å². The van der Waals surface area contributed by atoms with E-state index in [9.17, 15) is 4.79 Å². The van der Waals surface area contributed by atoms with Gasteiger partial charge in [-0.05, 0) is 12.1 Å². The monoisotopic (exact) mass is 389 g/mol. The number of nitrogens with one attached hydrogen (secondary N) is 1. The fraction of sp³-hybridized carbons (Fsp3) is 0.263. The van der Waals surface area contributed by atoms with Crippen molar-refractivity contribution in [3.8, 4) is 23.0 Å². The Hall–Kier alpha value is -3.62. The van der Waals surface area contributed by atoms with E-state index in [4.69, 9.17) is 29.5 Å². The fourth-order valence-corrected chi connectivity index (χ4v) is 2.22.